The zero-order chi connectivity index (χ0) is 17.8. The molecule has 1 aliphatic carbocycles. The second-order valence-corrected chi connectivity index (χ2v) is 7.36. The Kier molecular flexibility index (Phi) is 5.57. The number of carbonyl (C=O) groups excluding carboxylic acids is 1. The van der Waals surface area contributed by atoms with Crippen molar-refractivity contribution in [3.8, 4) is 0 Å². The Bertz CT molecular complexity index is 763. The van der Waals surface area contributed by atoms with E-state index < -0.39 is 0 Å². The van der Waals surface area contributed by atoms with Crippen molar-refractivity contribution in [3.63, 3.8) is 0 Å². The number of benzene rings is 2. The maximum atomic E-state index is 12.5. The van der Waals surface area contributed by atoms with Crippen LogP contribution in [0.3, 0.4) is 0 Å². The Morgan fingerprint density at radius 3 is 2.48 bits per heavy atom. The molecule has 1 atom stereocenters. The van der Waals surface area contributed by atoms with Crippen molar-refractivity contribution in [1.82, 2.24) is 5.32 Å². The average molecular weight is 335 g/mol. The monoisotopic (exact) mass is 335 g/mol. The molecule has 0 spiro atoms. The second-order valence-electron chi connectivity index (χ2n) is 7.36. The molecule has 1 amide bonds. The SMILES string of the molecule is CC[C@H](NC(=O)Cc1ccc(C)c(C)c1)c1ccc2c(c1)CCCC2. The van der Waals surface area contributed by atoms with Gasteiger partial charge in [0.25, 0.3) is 0 Å². The predicted octanol–water partition coefficient (Wildman–Crippen LogP) is 4.99. The number of rotatable bonds is 5. The van der Waals surface area contributed by atoms with Crippen LogP contribution >= 0.6 is 0 Å². The third-order valence-corrected chi connectivity index (χ3v) is 5.45. The van der Waals surface area contributed by atoms with Gasteiger partial charge in [-0.25, -0.2) is 0 Å². The van der Waals surface area contributed by atoms with E-state index in [4.69, 9.17) is 0 Å². The minimum atomic E-state index is 0.103. The van der Waals surface area contributed by atoms with E-state index in [2.05, 4.69) is 62.5 Å². The van der Waals surface area contributed by atoms with Crippen molar-refractivity contribution in [2.45, 2.75) is 65.3 Å². The molecule has 1 aliphatic rings. The van der Waals surface area contributed by atoms with Crippen LogP contribution in [0.4, 0.5) is 0 Å². The van der Waals surface area contributed by atoms with Crippen LogP contribution in [0.25, 0.3) is 0 Å². The van der Waals surface area contributed by atoms with E-state index in [9.17, 15) is 4.79 Å². The van der Waals surface area contributed by atoms with Gasteiger partial charge in [0.15, 0.2) is 0 Å². The Morgan fingerprint density at radius 2 is 1.76 bits per heavy atom. The largest absolute Gasteiger partial charge is 0.349 e. The van der Waals surface area contributed by atoms with Crippen molar-refractivity contribution >= 4 is 5.91 Å². The summed E-state index contributed by atoms with van der Waals surface area (Å²) in [7, 11) is 0. The molecule has 2 heteroatoms. The van der Waals surface area contributed by atoms with E-state index in [1.807, 2.05) is 0 Å². The lowest BCUT2D eigenvalue weighted by molar-refractivity contribution is -0.121. The first-order valence-electron chi connectivity index (χ1n) is 9.54. The maximum absolute atomic E-state index is 12.5. The molecular weight excluding hydrogens is 306 g/mol. The van der Waals surface area contributed by atoms with Gasteiger partial charge in [-0.3, -0.25) is 4.79 Å². The molecule has 2 aromatic carbocycles. The van der Waals surface area contributed by atoms with Gasteiger partial charge >= 0.3 is 0 Å². The summed E-state index contributed by atoms with van der Waals surface area (Å²) in [5.74, 6) is 0.104. The van der Waals surface area contributed by atoms with Gasteiger partial charge in [-0.15, -0.1) is 0 Å². The van der Waals surface area contributed by atoms with Crippen LogP contribution in [0, 0.1) is 13.8 Å². The van der Waals surface area contributed by atoms with Gasteiger partial charge in [-0.2, -0.15) is 0 Å². The molecule has 0 saturated heterocycles. The molecule has 0 unspecified atom stereocenters. The Hall–Kier alpha value is -2.09. The lowest BCUT2D eigenvalue weighted by atomic mass is 9.88. The summed E-state index contributed by atoms with van der Waals surface area (Å²) in [6.07, 6.45) is 6.32. The quantitative estimate of drug-likeness (QED) is 0.819. The van der Waals surface area contributed by atoms with Crippen molar-refractivity contribution in [2.75, 3.05) is 0 Å². The number of hydrogen-bond acceptors (Lipinski definition) is 1. The summed E-state index contributed by atoms with van der Waals surface area (Å²) in [5, 5.41) is 3.23. The molecule has 0 aliphatic heterocycles. The highest BCUT2D eigenvalue weighted by molar-refractivity contribution is 5.79. The molecule has 132 valence electrons. The normalized spacial score (nSPS) is 14.7. The molecule has 2 nitrogen and oxygen atoms in total. The molecule has 1 N–H and O–H groups in total. The summed E-state index contributed by atoms with van der Waals surface area (Å²) in [6, 6.07) is 13.2. The topological polar surface area (TPSA) is 29.1 Å². The van der Waals surface area contributed by atoms with Crippen LogP contribution in [-0.4, -0.2) is 5.91 Å². The van der Waals surface area contributed by atoms with Crippen LogP contribution in [0.1, 0.15) is 65.6 Å². The van der Waals surface area contributed by atoms with Gasteiger partial charge in [-0.1, -0.05) is 43.3 Å². The highest BCUT2D eigenvalue weighted by Crippen LogP contribution is 2.26. The highest BCUT2D eigenvalue weighted by atomic mass is 16.1. The molecule has 25 heavy (non-hydrogen) atoms. The van der Waals surface area contributed by atoms with Crippen molar-refractivity contribution < 1.29 is 4.79 Å². The minimum Gasteiger partial charge on any atom is -0.349 e. The molecule has 0 bridgehead atoms. The van der Waals surface area contributed by atoms with Crippen LogP contribution in [0.2, 0.25) is 0 Å². The lowest BCUT2D eigenvalue weighted by Gasteiger charge is -2.22. The first kappa shape index (κ1) is 17.7. The van der Waals surface area contributed by atoms with E-state index in [-0.39, 0.29) is 11.9 Å². The lowest BCUT2D eigenvalue weighted by Crippen LogP contribution is -2.29. The van der Waals surface area contributed by atoms with Crippen molar-refractivity contribution in [3.05, 3.63) is 69.8 Å². The summed E-state index contributed by atoms with van der Waals surface area (Å²) in [6.45, 7) is 6.33. The second kappa shape index (κ2) is 7.86. The van der Waals surface area contributed by atoms with E-state index >= 15 is 0 Å². The fourth-order valence-electron chi connectivity index (χ4n) is 3.74. The smallest absolute Gasteiger partial charge is 0.224 e. The molecule has 0 saturated carbocycles. The summed E-state index contributed by atoms with van der Waals surface area (Å²) in [5.41, 5.74) is 7.81. The van der Waals surface area contributed by atoms with Gasteiger partial charge in [-0.05, 0) is 79.3 Å². The van der Waals surface area contributed by atoms with Gasteiger partial charge < -0.3 is 5.32 Å². The number of amides is 1. The van der Waals surface area contributed by atoms with E-state index in [1.54, 1.807) is 0 Å². The zero-order valence-corrected chi connectivity index (χ0v) is 15.7. The standard InChI is InChI=1S/C23H29NO/c1-4-22(21-12-11-19-7-5-6-8-20(19)15-21)24-23(25)14-18-10-9-16(2)17(3)13-18/h9-13,15,22H,4-8,14H2,1-3H3,(H,24,25)/t22-/m0/s1. The molecule has 0 heterocycles. The molecule has 3 rings (SSSR count). The molecule has 0 fully saturated rings. The molecule has 0 radical (unpaired) electrons. The highest BCUT2D eigenvalue weighted by Gasteiger charge is 2.16. The van der Waals surface area contributed by atoms with Crippen molar-refractivity contribution in [1.29, 1.82) is 0 Å². The summed E-state index contributed by atoms with van der Waals surface area (Å²) < 4.78 is 0. The summed E-state index contributed by atoms with van der Waals surface area (Å²) in [4.78, 5) is 12.5. The van der Waals surface area contributed by atoms with Gasteiger partial charge in [0.2, 0.25) is 5.91 Å². The third kappa shape index (κ3) is 4.31. The first-order chi connectivity index (χ1) is 12.1. The van der Waals surface area contributed by atoms with E-state index in [0.717, 1.165) is 12.0 Å². The maximum Gasteiger partial charge on any atom is 0.224 e. The Labute approximate surface area is 151 Å². The van der Waals surface area contributed by atoms with Crippen LogP contribution in [-0.2, 0) is 24.1 Å². The Morgan fingerprint density at radius 1 is 1.00 bits per heavy atom. The number of nitrogens with one attached hydrogen (secondary N) is 1. The zero-order valence-electron chi connectivity index (χ0n) is 15.7. The van der Waals surface area contributed by atoms with Crippen LogP contribution < -0.4 is 5.32 Å². The first-order valence-corrected chi connectivity index (χ1v) is 9.54. The van der Waals surface area contributed by atoms with Crippen LogP contribution in [0.5, 0.6) is 0 Å². The van der Waals surface area contributed by atoms with E-state index in [1.165, 1.54) is 53.5 Å². The fraction of sp³-hybridized carbons (Fsp3) is 0.435. The minimum absolute atomic E-state index is 0.103. The molecule has 0 aromatic heterocycles. The average Bonchev–Trinajstić information content (AvgIpc) is 2.62. The molecular formula is C23H29NO. The van der Waals surface area contributed by atoms with E-state index in [0.29, 0.717) is 6.42 Å². The predicted molar refractivity (Wildman–Crippen MR) is 104 cm³/mol. The Balaban J connectivity index is 1.69. The van der Waals surface area contributed by atoms with Crippen molar-refractivity contribution in [2.24, 2.45) is 0 Å². The van der Waals surface area contributed by atoms with Gasteiger partial charge in [0.05, 0.1) is 12.5 Å². The summed E-state index contributed by atoms with van der Waals surface area (Å²) >= 11 is 0. The van der Waals surface area contributed by atoms with Gasteiger partial charge in [0, 0.05) is 0 Å². The number of fused-ring (bicyclic) bond motifs is 1. The number of hydrogen-bond donors (Lipinski definition) is 1. The third-order valence-electron chi connectivity index (χ3n) is 5.45. The number of aryl methyl sites for hydroxylation is 4. The van der Waals surface area contributed by atoms with Crippen LogP contribution in [0.15, 0.2) is 36.4 Å². The molecule has 2 aromatic rings. The number of carbonyl (C=O) groups is 1. The fourth-order valence-corrected chi connectivity index (χ4v) is 3.74. The van der Waals surface area contributed by atoms with Gasteiger partial charge in [0.1, 0.15) is 0 Å².